The lowest BCUT2D eigenvalue weighted by molar-refractivity contribution is 1.05. The van der Waals surface area contributed by atoms with Crippen LogP contribution in [-0.4, -0.2) is 5.96 Å². The molecule has 1 aromatic carbocycles. The van der Waals surface area contributed by atoms with Gasteiger partial charge in [0.05, 0.1) is 11.6 Å². The van der Waals surface area contributed by atoms with Crippen LogP contribution in [0.4, 0.5) is 0 Å². The number of halogens is 2. The van der Waals surface area contributed by atoms with Gasteiger partial charge in [-0.3, -0.25) is 0 Å². The van der Waals surface area contributed by atoms with Crippen molar-refractivity contribution < 1.29 is 0 Å². The predicted molar refractivity (Wildman–Crippen MR) is 58.7 cm³/mol. The van der Waals surface area contributed by atoms with E-state index in [1.54, 1.807) is 6.07 Å². The highest BCUT2D eigenvalue weighted by Gasteiger charge is 2.01. The lowest BCUT2D eigenvalue weighted by Crippen LogP contribution is -2.22. The highest BCUT2D eigenvalue weighted by atomic mass is 79.9. The average Bonchev–Trinajstić information content (AvgIpc) is 2.07. The first kappa shape index (κ1) is 10.3. The Balaban J connectivity index is 2.89. The van der Waals surface area contributed by atoms with Gasteiger partial charge < -0.3 is 11.5 Å². The van der Waals surface area contributed by atoms with Gasteiger partial charge in [-0.2, -0.15) is 0 Å². The molecule has 1 rings (SSSR count). The zero-order valence-electron chi connectivity index (χ0n) is 6.80. The Morgan fingerprint density at radius 2 is 2.15 bits per heavy atom. The molecule has 0 aliphatic rings. The largest absolute Gasteiger partial charge is 0.370 e. The summed E-state index contributed by atoms with van der Waals surface area (Å²) in [5, 5.41) is 0.656. The topological polar surface area (TPSA) is 64.4 Å². The van der Waals surface area contributed by atoms with Crippen LogP contribution in [0, 0.1) is 0 Å². The van der Waals surface area contributed by atoms with Crippen LogP contribution >= 0.6 is 27.5 Å². The van der Waals surface area contributed by atoms with E-state index < -0.39 is 0 Å². The van der Waals surface area contributed by atoms with Crippen LogP contribution in [0.5, 0.6) is 0 Å². The molecule has 0 aliphatic carbocycles. The number of hydrogen-bond acceptors (Lipinski definition) is 1. The summed E-state index contributed by atoms with van der Waals surface area (Å²) in [7, 11) is 0. The van der Waals surface area contributed by atoms with Gasteiger partial charge in [-0.1, -0.05) is 23.7 Å². The smallest absolute Gasteiger partial charge is 0.186 e. The van der Waals surface area contributed by atoms with E-state index in [-0.39, 0.29) is 5.96 Å². The maximum atomic E-state index is 5.87. The third-order valence-corrected chi connectivity index (χ3v) is 2.94. The van der Waals surface area contributed by atoms with Crippen molar-refractivity contribution >= 4 is 33.5 Å². The zero-order valence-corrected chi connectivity index (χ0v) is 9.14. The molecule has 0 aromatic heterocycles. The molecule has 13 heavy (non-hydrogen) atoms. The second-order valence-corrected chi connectivity index (χ2v) is 3.65. The Bertz CT molecular complexity index is 334. The Kier molecular flexibility index (Phi) is 3.57. The molecule has 1 aromatic rings. The van der Waals surface area contributed by atoms with Crippen molar-refractivity contribution in [2.75, 3.05) is 0 Å². The Hall–Kier alpha value is -0.740. The second kappa shape index (κ2) is 4.48. The van der Waals surface area contributed by atoms with Crippen molar-refractivity contribution in [3.05, 3.63) is 33.3 Å². The SMILES string of the molecule is NC(N)=NCc1cccc(Cl)c1Br. The minimum atomic E-state index is 0.0758. The molecule has 0 saturated carbocycles. The standard InChI is InChI=1S/C8H9BrClN3/c9-7-5(4-13-8(11)12)2-1-3-6(7)10/h1-3H,4H2,(H4,11,12,13). The Labute approximate surface area is 89.9 Å². The summed E-state index contributed by atoms with van der Waals surface area (Å²) in [4.78, 5) is 3.88. The summed E-state index contributed by atoms with van der Waals surface area (Å²) < 4.78 is 0.835. The normalized spacial score (nSPS) is 9.69. The molecule has 0 aliphatic heterocycles. The number of hydrogen-bond donors (Lipinski definition) is 2. The van der Waals surface area contributed by atoms with Crippen molar-refractivity contribution in [2.24, 2.45) is 16.5 Å². The number of guanidine groups is 1. The summed E-state index contributed by atoms with van der Waals surface area (Å²) in [6.07, 6.45) is 0. The molecular weight excluding hydrogens is 253 g/mol. The zero-order chi connectivity index (χ0) is 9.84. The van der Waals surface area contributed by atoms with Gasteiger partial charge in [0.2, 0.25) is 0 Å². The first-order valence-electron chi connectivity index (χ1n) is 3.59. The molecule has 0 bridgehead atoms. The summed E-state index contributed by atoms with van der Waals surface area (Å²) in [6, 6.07) is 5.55. The molecule has 70 valence electrons. The predicted octanol–water partition coefficient (Wildman–Crippen LogP) is 1.88. The molecule has 5 heteroatoms. The maximum Gasteiger partial charge on any atom is 0.186 e. The Morgan fingerprint density at radius 1 is 1.46 bits per heavy atom. The van der Waals surface area contributed by atoms with Crippen molar-refractivity contribution in [3.8, 4) is 0 Å². The van der Waals surface area contributed by atoms with Gasteiger partial charge in [0.15, 0.2) is 5.96 Å². The van der Waals surface area contributed by atoms with Crippen molar-refractivity contribution in [1.29, 1.82) is 0 Å². The molecule has 3 nitrogen and oxygen atoms in total. The number of aliphatic imine (C=N–C) groups is 1. The molecule has 0 fully saturated rings. The number of rotatable bonds is 2. The minimum absolute atomic E-state index is 0.0758. The van der Waals surface area contributed by atoms with Gasteiger partial charge in [0, 0.05) is 4.47 Å². The van der Waals surface area contributed by atoms with E-state index in [0.717, 1.165) is 10.0 Å². The fourth-order valence-electron chi connectivity index (χ4n) is 0.847. The van der Waals surface area contributed by atoms with Crippen LogP contribution < -0.4 is 11.5 Å². The molecule has 0 radical (unpaired) electrons. The van der Waals surface area contributed by atoms with Crippen LogP contribution in [0.1, 0.15) is 5.56 Å². The average molecular weight is 263 g/mol. The van der Waals surface area contributed by atoms with E-state index >= 15 is 0 Å². The fraction of sp³-hybridized carbons (Fsp3) is 0.125. The summed E-state index contributed by atoms with van der Waals surface area (Å²) in [6.45, 7) is 0.434. The lowest BCUT2D eigenvalue weighted by Gasteiger charge is -2.02. The highest BCUT2D eigenvalue weighted by molar-refractivity contribution is 9.10. The molecule has 0 atom stereocenters. The fourth-order valence-corrected chi connectivity index (χ4v) is 1.43. The first-order valence-corrected chi connectivity index (χ1v) is 4.76. The molecule has 0 unspecified atom stereocenters. The van der Waals surface area contributed by atoms with Gasteiger partial charge in [0.1, 0.15) is 0 Å². The van der Waals surface area contributed by atoms with Gasteiger partial charge in [-0.05, 0) is 27.6 Å². The van der Waals surface area contributed by atoms with E-state index in [1.807, 2.05) is 12.1 Å². The van der Waals surface area contributed by atoms with Crippen LogP contribution in [0.2, 0.25) is 5.02 Å². The van der Waals surface area contributed by atoms with Crippen molar-refractivity contribution in [2.45, 2.75) is 6.54 Å². The quantitative estimate of drug-likeness (QED) is 0.631. The molecule has 0 spiro atoms. The maximum absolute atomic E-state index is 5.87. The number of nitrogens with zero attached hydrogens (tertiary/aromatic N) is 1. The minimum Gasteiger partial charge on any atom is -0.370 e. The molecule has 0 saturated heterocycles. The third kappa shape index (κ3) is 2.90. The molecule has 0 heterocycles. The van der Waals surface area contributed by atoms with Crippen LogP contribution in [0.3, 0.4) is 0 Å². The van der Waals surface area contributed by atoms with Gasteiger partial charge in [-0.25, -0.2) is 4.99 Å². The summed E-state index contributed by atoms with van der Waals surface area (Å²) in [5.74, 6) is 0.0758. The van der Waals surface area contributed by atoms with Crippen LogP contribution in [0.25, 0.3) is 0 Å². The summed E-state index contributed by atoms with van der Waals surface area (Å²) >= 11 is 9.22. The van der Waals surface area contributed by atoms with E-state index in [2.05, 4.69) is 20.9 Å². The van der Waals surface area contributed by atoms with Crippen molar-refractivity contribution in [3.63, 3.8) is 0 Å². The summed E-state index contributed by atoms with van der Waals surface area (Å²) in [5.41, 5.74) is 11.4. The first-order chi connectivity index (χ1) is 6.11. The monoisotopic (exact) mass is 261 g/mol. The van der Waals surface area contributed by atoms with Gasteiger partial charge in [-0.15, -0.1) is 0 Å². The van der Waals surface area contributed by atoms with E-state index in [1.165, 1.54) is 0 Å². The second-order valence-electron chi connectivity index (χ2n) is 2.45. The van der Waals surface area contributed by atoms with E-state index in [9.17, 15) is 0 Å². The van der Waals surface area contributed by atoms with Gasteiger partial charge in [0.25, 0.3) is 0 Å². The highest BCUT2D eigenvalue weighted by Crippen LogP contribution is 2.26. The third-order valence-electron chi connectivity index (χ3n) is 1.46. The van der Waals surface area contributed by atoms with E-state index in [4.69, 9.17) is 23.1 Å². The number of nitrogens with two attached hydrogens (primary N) is 2. The number of benzene rings is 1. The van der Waals surface area contributed by atoms with Crippen molar-refractivity contribution in [1.82, 2.24) is 0 Å². The van der Waals surface area contributed by atoms with Gasteiger partial charge >= 0.3 is 0 Å². The molecular formula is C8H9BrClN3. The van der Waals surface area contributed by atoms with Crippen LogP contribution in [0.15, 0.2) is 27.7 Å². The Morgan fingerprint density at radius 3 is 2.77 bits per heavy atom. The van der Waals surface area contributed by atoms with Crippen LogP contribution in [-0.2, 0) is 6.54 Å². The lowest BCUT2D eigenvalue weighted by atomic mass is 10.2. The molecule has 4 N–H and O–H groups in total. The van der Waals surface area contributed by atoms with E-state index in [0.29, 0.717) is 11.6 Å². The molecule has 0 amide bonds.